The SMILES string of the molecule is CCCCCCCCCOC(=O)CCCCCCCN(CCO)CCCNC(=O)OCC[Si](C)(C)C. The van der Waals surface area contributed by atoms with Gasteiger partial charge in [-0.25, -0.2) is 4.79 Å². The van der Waals surface area contributed by atoms with Gasteiger partial charge in [0.25, 0.3) is 0 Å². The highest BCUT2D eigenvalue weighted by molar-refractivity contribution is 6.76. The van der Waals surface area contributed by atoms with E-state index in [-0.39, 0.29) is 18.7 Å². The normalized spacial score (nSPS) is 11.6. The molecule has 7 nitrogen and oxygen atoms in total. The Morgan fingerprint density at radius 3 is 2.03 bits per heavy atom. The number of carbonyl (C=O) groups is 2. The smallest absolute Gasteiger partial charge is 0.407 e. The molecule has 0 bridgehead atoms. The highest BCUT2D eigenvalue weighted by Gasteiger charge is 2.13. The largest absolute Gasteiger partial charge is 0.466 e. The Bertz CT molecular complexity index is 529. The molecule has 0 saturated heterocycles. The summed E-state index contributed by atoms with van der Waals surface area (Å²) in [6.45, 7) is 13.3. The molecule has 0 aromatic heterocycles. The van der Waals surface area contributed by atoms with Gasteiger partial charge in [0, 0.05) is 27.6 Å². The summed E-state index contributed by atoms with van der Waals surface area (Å²) < 4.78 is 10.6. The summed E-state index contributed by atoms with van der Waals surface area (Å²) in [6.07, 6.45) is 14.9. The minimum Gasteiger partial charge on any atom is -0.466 e. The van der Waals surface area contributed by atoms with Crippen LogP contribution in [0.2, 0.25) is 25.7 Å². The molecule has 0 aliphatic rings. The first-order valence-corrected chi connectivity index (χ1v) is 18.4. The molecule has 0 rings (SSSR count). The molecule has 0 unspecified atom stereocenters. The molecule has 0 atom stereocenters. The van der Waals surface area contributed by atoms with Crippen molar-refractivity contribution >= 4 is 20.1 Å². The monoisotopic (exact) mass is 530 g/mol. The standard InChI is InChI=1S/C28H58N2O5Si/c1-5-6-7-8-9-13-16-24-34-27(32)18-14-11-10-12-15-20-30(22-23-31)21-17-19-29-28(33)35-25-26-36(2,3)4/h31H,5-26H2,1-4H3,(H,29,33). The Labute approximate surface area is 223 Å². The van der Waals surface area contributed by atoms with Gasteiger partial charge in [0.1, 0.15) is 0 Å². The topological polar surface area (TPSA) is 88.1 Å². The minimum atomic E-state index is -1.18. The molecule has 0 radical (unpaired) electrons. The first kappa shape index (κ1) is 34.9. The zero-order chi connectivity index (χ0) is 26.9. The van der Waals surface area contributed by atoms with Gasteiger partial charge in [-0.05, 0) is 44.8 Å². The Hall–Kier alpha value is -1.12. The number of alkyl carbamates (subject to hydrolysis) is 1. The van der Waals surface area contributed by atoms with Crippen LogP contribution in [-0.2, 0) is 14.3 Å². The van der Waals surface area contributed by atoms with Gasteiger partial charge in [-0.1, -0.05) is 84.4 Å². The van der Waals surface area contributed by atoms with E-state index in [4.69, 9.17) is 9.47 Å². The van der Waals surface area contributed by atoms with Gasteiger partial charge in [0.05, 0.1) is 19.8 Å². The predicted octanol–water partition coefficient (Wildman–Crippen LogP) is 6.37. The number of rotatable bonds is 25. The predicted molar refractivity (Wildman–Crippen MR) is 152 cm³/mol. The van der Waals surface area contributed by atoms with Gasteiger partial charge < -0.3 is 24.8 Å². The molecular formula is C28H58N2O5Si. The molecule has 0 fully saturated rings. The maximum Gasteiger partial charge on any atom is 0.407 e. The van der Waals surface area contributed by atoms with Crippen LogP contribution in [-0.4, -0.2) is 76.1 Å². The van der Waals surface area contributed by atoms with Crippen LogP contribution in [0.15, 0.2) is 0 Å². The van der Waals surface area contributed by atoms with Gasteiger partial charge >= 0.3 is 12.1 Å². The fourth-order valence-corrected chi connectivity index (χ4v) is 4.64. The number of carbonyl (C=O) groups excluding carboxylic acids is 2. The number of aliphatic hydroxyl groups is 1. The van der Waals surface area contributed by atoms with Crippen molar-refractivity contribution in [3.63, 3.8) is 0 Å². The van der Waals surface area contributed by atoms with Crippen LogP contribution < -0.4 is 5.32 Å². The molecule has 0 heterocycles. The Balaban J connectivity index is 3.63. The average molecular weight is 531 g/mol. The quantitative estimate of drug-likeness (QED) is 0.0810. The molecule has 8 heteroatoms. The fourth-order valence-electron chi connectivity index (χ4n) is 3.92. The van der Waals surface area contributed by atoms with E-state index in [0.29, 0.717) is 32.7 Å². The van der Waals surface area contributed by atoms with Crippen molar-refractivity contribution in [1.29, 1.82) is 0 Å². The van der Waals surface area contributed by atoms with Crippen molar-refractivity contribution in [1.82, 2.24) is 10.2 Å². The molecule has 0 aliphatic carbocycles. The van der Waals surface area contributed by atoms with Gasteiger partial charge in [0.15, 0.2) is 0 Å². The maximum absolute atomic E-state index is 11.8. The first-order chi connectivity index (χ1) is 17.3. The third kappa shape index (κ3) is 26.0. The summed E-state index contributed by atoms with van der Waals surface area (Å²) in [5.74, 6) is -0.0522. The summed E-state index contributed by atoms with van der Waals surface area (Å²) in [5, 5.41) is 12.2. The zero-order valence-corrected chi connectivity index (χ0v) is 25.1. The van der Waals surface area contributed by atoms with Gasteiger partial charge in [0.2, 0.25) is 0 Å². The fraction of sp³-hybridized carbons (Fsp3) is 0.929. The van der Waals surface area contributed by atoms with Crippen LogP contribution in [0.4, 0.5) is 4.79 Å². The lowest BCUT2D eigenvalue weighted by atomic mass is 10.1. The van der Waals surface area contributed by atoms with Crippen LogP contribution in [0.25, 0.3) is 0 Å². The molecule has 2 N–H and O–H groups in total. The highest BCUT2D eigenvalue weighted by Crippen LogP contribution is 2.10. The summed E-state index contributed by atoms with van der Waals surface area (Å²) in [5.41, 5.74) is 0. The van der Waals surface area contributed by atoms with Crippen molar-refractivity contribution < 1.29 is 24.2 Å². The summed E-state index contributed by atoms with van der Waals surface area (Å²) >= 11 is 0. The lowest BCUT2D eigenvalue weighted by Crippen LogP contribution is -2.33. The maximum atomic E-state index is 11.8. The number of aliphatic hydroxyl groups excluding tert-OH is 1. The Morgan fingerprint density at radius 2 is 1.36 bits per heavy atom. The second-order valence-corrected chi connectivity index (χ2v) is 16.8. The Kier molecular flexibility index (Phi) is 23.5. The van der Waals surface area contributed by atoms with Crippen molar-refractivity contribution in [2.24, 2.45) is 0 Å². The van der Waals surface area contributed by atoms with Crippen LogP contribution in [0, 0.1) is 0 Å². The number of ether oxygens (including phenoxy) is 2. The van der Waals surface area contributed by atoms with Gasteiger partial charge in [-0.15, -0.1) is 0 Å². The van der Waals surface area contributed by atoms with E-state index < -0.39 is 8.07 Å². The third-order valence-corrected chi connectivity index (χ3v) is 7.99. The molecule has 0 aromatic rings. The molecule has 36 heavy (non-hydrogen) atoms. The number of esters is 1. The molecule has 0 spiro atoms. The third-order valence-electron chi connectivity index (χ3n) is 6.29. The zero-order valence-electron chi connectivity index (χ0n) is 24.1. The minimum absolute atomic E-state index is 0.0522. The lowest BCUT2D eigenvalue weighted by Gasteiger charge is -2.21. The van der Waals surface area contributed by atoms with Crippen molar-refractivity contribution in [3.8, 4) is 0 Å². The van der Waals surface area contributed by atoms with Crippen LogP contribution in [0.5, 0.6) is 0 Å². The number of nitrogens with zero attached hydrogens (tertiary/aromatic N) is 1. The van der Waals surface area contributed by atoms with E-state index in [1.54, 1.807) is 0 Å². The highest BCUT2D eigenvalue weighted by atomic mass is 28.3. The number of nitrogens with one attached hydrogen (secondary N) is 1. The summed E-state index contributed by atoms with van der Waals surface area (Å²) in [6, 6.07) is 0.980. The number of amides is 1. The van der Waals surface area contributed by atoms with E-state index in [2.05, 4.69) is 36.8 Å². The molecule has 0 saturated carbocycles. The van der Waals surface area contributed by atoms with E-state index in [1.165, 1.54) is 32.1 Å². The molecule has 0 aromatic carbocycles. The molecule has 214 valence electrons. The summed E-state index contributed by atoms with van der Waals surface area (Å²) in [4.78, 5) is 25.8. The summed E-state index contributed by atoms with van der Waals surface area (Å²) in [7, 11) is -1.18. The molecular weight excluding hydrogens is 472 g/mol. The number of hydrogen-bond donors (Lipinski definition) is 2. The van der Waals surface area contributed by atoms with Crippen molar-refractivity contribution in [2.45, 2.75) is 123 Å². The second-order valence-electron chi connectivity index (χ2n) is 11.2. The molecule has 0 aliphatic heterocycles. The van der Waals surface area contributed by atoms with Crippen LogP contribution in [0.1, 0.15) is 96.8 Å². The lowest BCUT2D eigenvalue weighted by molar-refractivity contribution is -0.143. The van der Waals surface area contributed by atoms with Gasteiger partial charge in [-0.2, -0.15) is 0 Å². The van der Waals surface area contributed by atoms with E-state index in [9.17, 15) is 14.7 Å². The van der Waals surface area contributed by atoms with Crippen LogP contribution >= 0.6 is 0 Å². The number of unbranched alkanes of at least 4 members (excludes halogenated alkanes) is 10. The first-order valence-electron chi connectivity index (χ1n) is 14.7. The molecule has 1 amide bonds. The van der Waals surface area contributed by atoms with Crippen molar-refractivity contribution in [2.75, 3.05) is 46.0 Å². The van der Waals surface area contributed by atoms with E-state index in [1.807, 2.05) is 0 Å². The average Bonchev–Trinajstić information content (AvgIpc) is 2.82. The van der Waals surface area contributed by atoms with Gasteiger partial charge in [-0.3, -0.25) is 4.79 Å². The van der Waals surface area contributed by atoms with E-state index >= 15 is 0 Å². The second kappa shape index (κ2) is 24.2. The van der Waals surface area contributed by atoms with E-state index in [0.717, 1.165) is 70.5 Å². The van der Waals surface area contributed by atoms with Crippen LogP contribution in [0.3, 0.4) is 0 Å². The number of hydrogen-bond acceptors (Lipinski definition) is 6. The Morgan fingerprint density at radius 1 is 0.750 bits per heavy atom. The van der Waals surface area contributed by atoms with Crippen molar-refractivity contribution in [3.05, 3.63) is 0 Å².